The number of methoxy groups -OCH3 is 1. The number of nitrogens with zero attached hydrogens (tertiary/aromatic N) is 5. The SMILES string of the molecule is CC[C@H]1CN(c2nc(N)c(C(=O)OC)nc2Cl)CCN1C1CCN(Cc2ccc(Cl)cc2CCNS(C)(=O)=O)CC1. The average molecular weight is 629 g/mol. The van der Waals surface area contributed by atoms with Crippen molar-refractivity contribution in [2.24, 2.45) is 0 Å². The Labute approximate surface area is 252 Å². The minimum absolute atomic E-state index is 0.00889. The zero-order valence-corrected chi connectivity index (χ0v) is 26.1. The summed E-state index contributed by atoms with van der Waals surface area (Å²) in [7, 11) is -1.97. The lowest BCUT2D eigenvalue weighted by atomic mass is 9.97. The molecule has 0 aliphatic carbocycles. The van der Waals surface area contributed by atoms with Crippen molar-refractivity contribution in [3.8, 4) is 0 Å². The number of esters is 1. The Bertz CT molecular complexity index is 1340. The molecule has 41 heavy (non-hydrogen) atoms. The van der Waals surface area contributed by atoms with E-state index >= 15 is 0 Å². The van der Waals surface area contributed by atoms with Gasteiger partial charge in [-0.2, -0.15) is 0 Å². The van der Waals surface area contributed by atoms with Crippen LogP contribution in [-0.4, -0.2) is 98.9 Å². The molecule has 0 amide bonds. The second kappa shape index (κ2) is 13.8. The van der Waals surface area contributed by atoms with Crippen molar-refractivity contribution in [2.75, 3.05) is 63.3 Å². The predicted octanol–water partition coefficient (Wildman–Crippen LogP) is 2.81. The Kier molecular flexibility index (Phi) is 10.7. The van der Waals surface area contributed by atoms with Crippen LogP contribution < -0.4 is 15.4 Å². The number of nitrogen functional groups attached to an aromatic ring is 1. The molecule has 2 fully saturated rings. The van der Waals surface area contributed by atoms with Gasteiger partial charge in [-0.25, -0.2) is 27.9 Å². The Balaban J connectivity index is 1.35. The van der Waals surface area contributed by atoms with Crippen LogP contribution in [0.4, 0.5) is 11.6 Å². The molecule has 1 aromatic carbocycles. The topological polar surface area (TPSA) is 134 Å². The molecule has 2 aliphatic heterocycles. The van der Waals surface area contributed by atoms with Gasteiger partial charge in [0.15, 0.2) is 22.5 Å². The highest BCUT2D eigenvalue weighted by molar-refractivity contribution is 7.88. The van der Waals surface area contributed by atoms with E-state index in [0.29, 0.717) is 35.9 Å². The maximum Gasteiger partial charge on any atom is 0.360 e. The summed E-state index contributed by atoms with van der Waals surface area (Å²) in [5.74, 6) is -0.160. The molecule has 0 bridgehead atoms. The highest BCUT2D eigenvalue weighted by Gasteiger charge is 2.34. The maximum absolute atomic E-state index is 11.9. The van der Waals surface area contributed by atoms with Gasteiger partial charge in [0.1, 0.15) is 0 Å². The normalized spacial score (nSPS) is 19.4. The minimum atomic E-state index is -3.23. The summed E-state index contributed by atoms with van der Waals surface area (Å²) in [6, 6.07) is 6.69. The van der Waals surface area contributed by atoms with E-state index in [1.165, 1.54) is 18.9 Å². The van der Waals surface area contributed by atoms with E-state index < -0.39 is 16.0 Å². The molecule has 2 aliphatic rings. The van der Waals surface area contributed by atoms with Crippen molar-refractivity contribution < 1.29 is 17.9 Å². The number of ether oxygens (including phenoxy) is 1. The number of hydrogen-bond donors (Lipinski definition) is 2. The zero-order chi connectivity index (χ0) is 29.7. The first-order chi connectivity index (χ1) is 19.5. The molecule has 3 N–H and O–H groups in total. The third-order valence-electron chi connectivity index (χ3n) is 7.89. The number of piperazine rings is 1. The summed E-state index contributed by atoms with van der Waals surface area (Å²) in [5.41, 5.74) is 8.18. The van der Waals surface area contributed by atoms with Gasteiger partial charge < -0.3 is 15.4 Å². The van der Waals surface area contributed by atoms with Gasteiger partial charge in [0.2, 0.25) is 10.0 Å². The fourth-order valence-electron chi connectivity index (χ4n) is 5.78. The molecule has 0 radical (unpaired) electrons. The van der Waals surface area contributed by atoms with E-state index in [9.17, 15) is 13.2 Å². The van der Waals surface area contributed by atoms with Crippen molar-refractivity contribution in [3.63, 3.8) is 0 Å². The first-order valence-electron chi connectivity index (χ1n) is 13.8. The number of likely N-dealkylation sites (tertiary alicyclic amines) is 1. The first kappa shape index (κ1) is 31.7. The fraction of sp³-hybridized carbons (Fsp3) is 0.593. The van der Waals surface area contributed by atoms with Gasteiger partial charge in [-0.05, 0) is 62.0 Å². The van der Waals surface area contributed by atoms with Crippen LogP contribution in [0, 0.1) is 0 Å². The van der Waals surface area contributed by atoms with Crippen LogP contribution in [0.2, 0.25) is 10.2 Å². The molecule has 2 saturated heterocycles. The van der Waals surface area contributed by atoms with Gasteiger partial charge >= 0.3 is 5.97 Å². The number of halogens is 2. The largest absolute Gasteiger partial charge is 0.464 e. The molecule has 3 heterocycles. The number of hydrogen-bond acceptors (Lipinski definition) is 10. The molecular formula is C27H39Cl2N7O4S. The van der Waals surface area contributed by atoms with E-state index in [4.69, 9.17) is 33.7 Å². The monoisotopic (exact) mass is 627 g/mol. The lowest BCUT2D eigenvalue weighted by molar-refractivity contribution is 0.0593. The van der Waals surface area contributed by atoms with Crippen molar-refractivity contribution in [1.82, 2.24) is 24.5 Å². The van der Waals surface area contributed by atoms with Crippen molar-refractivity contribution in [3.05, 3.63) is 45.2 Å². The highest BCUT2D eigenvalue weighted by atomic mass is 35.5. The van der Waals surface area contributed by atoms with Crippen LogP contribution in [0.25, 0.3) is 0 Å². The number of benzene rings is 1. The van der Waals surface area contributed by atoms with Gasteiger partial charge in [-0.3, -0.25) is 9.80 Å². The number of piperidine rings is 1. The van der Waals surface area contributed by atoms with Crippen LogP contribution in [-0.2, 0) is 27.7 Å². The number of rotatable bonds is 10. The lowest BCUT2D eigenvalue weighted by Gasteiger charge is -2.47. The Morgan fingerprint density at radius 3 is 2.54 bits per heavy atom. The van der Waals surface area contributed by atoms with Gasteiger partial charge in [0.25, 0.3) is 0 Å². The summed E-state index contributed by atoms with van der Waals surface area (Å²) in [6.45, 7) is 7.66. The Morgan fingerprint density at radius 2 is 1.88 bits per heavy atom. The van der Waals surface area contributed by atoms with Crippen molar-refractivity contribution in [1.29, 1.82) is 0 Å². The van der Waals surface area contributed by atoms with Gasteiger partial charge in [-0.1, -0.05) is 36.2 Å². The second-order valence-electron chi connectivity index (χ2n) is 10.6. The molecule has 0 spiro atoms. The smallest absolute Gasteiger partial charge is 0.360 e. The number of sulfonamides is 1. The van der Waals surface area contributed by atoms with E-state index in [1.807, 2.05) is 12.1 Å². The van der Waals surface area contributed by atoms with Crippen LogP contribution in [0.5, 0.6) is 0 Å². The Hall–Kier alpha value is -2.22. The average Bonchev–Trinajstić information content (AvgIpc) is 2.94. The number of carbonyl (C=O) groups is 1. The molecule has 226 valence electrons. The molecule has 11 nitrogen and oxygen atoms in total. The number of nitrogens with two attached hydrogens (primary N) is 1. The summed E-state index contributed by atoms with van der Waals surface area (Å²) in [5, 5.41) is 0.797. The van der Waals surface area contributed by atoms with Crippen LogP contribution >= 0.6 is 23.2 Å². The van der Waals surface area contributed by atoms with Crippen LogP contribution in [0.15, 0.2) is 18.2 Å². The third-order valence-corrected chi connectivity index (χ3v) is 9.11. The standard InChI is InChI=1S/C27H39Cl2N7O4S/c1-4-21-17-35(26-24(29)32-23(25(30)33-26)27(37)40-2)13-14-36(21)22-8-11-34(12-9-22)16-19-5-6-20(28)15-18(19)7-10-31-41(3,38)39/h5-6,15,21-22,31H,4,7-14,16-17H2,1-3H3,(H2,30,33)/t21-/m0/s1. The van der Waals surface area contributed by atoms with Crippen molar-refractivity contribution >= 4 is 50.8 Å². The lowest BCUT2D eigenvalue weighted by Crippen LogP contribution is -2.58. The molecule has 0 unspecified atom stereocenters. The summed E-state index contributed by atoms with van der Waals surface area (Å²) < 4.78 is 30.2. The van der Waals surface area contributed by atoms with E-state index in [-0.39, 0.29) is 16.7 Å². The van der Waals surface area contributed by atoms with Crippen LogP contribution in [0.3, 0.4) is 0 Å². The molecule has 1 aromatic heterocycles. The fourth-order valence-corrected chi connectivity index (χ4v) is 6.69. The van der Waals surface area contributed by atoms with E-state index in [2.05, 4.69) is 42.4 Å². The minimum Gasteiger partial charge on any atom is -0.464 e. The summed E-state index contributed by atoms with van der Waals surface area (Å²) in [4.78, 5) is 27.7. The van der Waals surface area contributed by atoms with Gasteiger partial charge in [-0.15, -0.1) is 0 Å². The summed E-state index contributed by atoms with van der Waals surface area (Å²) >= 11 is 12.7. The highest BCUT2D eigenvalue weighted by Crippen LogP contribution is 2.30. The summed E-state index contributed by atoms with van der Waals surface area (Å²) in [6.07, 6.45) is 4.87. The number of anilines is 2. The molecule has 4 rings (SSSR count). The van der Waals surface area contributed by atoms with Gasteiger partial charge in [0, 0.05) is 49.8 Å². The molecule has 0 saturated carbocycles. The zero-order valence-electron chi connectivity index (χ0n) is 23.8. The van der Waals surface area contributed by atoms with Gasteiger partial charge in [0.05, 0.1) is 13.4 Å². The van der Waals surface area contributed by atoms with E-state index in [0.717, 1.165) is 64.1 Å². The third kappa shape index (κ3) is 8.20. The van der Waals surface area contributed by atoms with Crippen molar-refractivity contribution in [2.45, 2.75) is 51.2 Å². The number of aromatic nitrogens is 2. The Morgan fingerprint density at radius 1 is 1.15 bits per heavy atom. The predicted molar refractivity (Wildman–Crippen MR) is 162 cm³/mol. The maximum atomic E-state index is 11.9. The first-order valence-corrected chi connectivity index (χ1v) is 16.5. The molecular weight excluding hydrogens is 589 g/mol. The quantitative estimate of drug-likeness (QED) is 0.379. The number of nitrogens with one attached hydrogen (secondary N) is 1. The molecule has 2 aromatic rings. The van der Waals surface area contributed by atoms with Crippen LogP contribution in [0.1, 0.15) is 47.8 Å². The van der Waals surface area contributed by atoms with E-state index in [1.54, 1.807) is 0 Å². The second-order valence-corrected chi connectivity index (χ2v) is 13.3. The molecule has 14 heteroatoms. The molecule has 1 atom stereocenters. The number of carbonyl (C=O) groups excluding carboxylic acids is 1.